The van der Waals surface area contributed by atoms with Crippen molar-refractivity contribution in [1.82, 2.24) is 10.6 Å². The molecule has 0 bridgehead atoms. The molecule has 1 heterocycles. The standard InChI is InChI=1S/C3H6N2S.5CO.W/c6-3-4-1-2-5-3;5*1-2;/h1-2H2,(H2,4,5,6);;;;;;. The van der Waals surface area contributed by atoms with E-state index in [1.807, 2.05) is 0 Å². The van der Waals surface area contributed by atoms with Gasteiger partial charge in [0.1, 0.15) is 0 Å². The summed E-state index contributed by atoms with van der Waals surface area (Å²) in [5, 5.41) is 6.67. The van der Waals surface area contributed by atoms with Crippen molar-refractivity contribution in [2.24, 2.45) is 0 Å². The minimum Gasteiger partial charge on any atom is 0 e. The average molecular weight is 426 g/mol. The van der Waals surface area contributed by atoms with Crippen LogP contribution in [0.5, 0.6) is 0 Å². The second-order valence-corrected chi connectivity index (χ2v) is 1.59. The molecular formula is C8H6N2O5SW. The van der Waals surface area contributed by atoms with Gasteiger partial charge in [0.25, 0.3) is 0 Å². The van der Waals surface area contributed by atoms with E-state index in [-0.39, 0.29) is 21.1 Å². The minimum atomic E-state index is 0. The molecule has 0 saturated carbocycles. The maximum Gasteiger partial charge on any atom is 0 e. The van der Waals surface area contributed by atoms with Crippen molar-refractivity contribution in [3.05, 3.63) is 33.3 Å². The zero-order valence-corrected chi connectivity index (χ0v) is 12.0. The molecule has 0 aromatic rings. The van der Waals surface area contributed by atoms with E-state index in [1.54, 1.807) is 0 Å². The van der Waals surface area contributed by atoms with Gasteiger partial charge in [0.05, 0.1) is 0 Å². The van der Waals surface area contributed by atoms with Gasteiger partial charge in [-0.25, -0.2) is 0 Å². The van der Waals surface area contributed by atoms with Gasteiger partial charge >= 0.3 is 56.5 Å². The van der Waals surface area contributed by atoms with Gasteiger partial charge in [-0.05, 0) is 12.2 Å². The Labute approximate surface area is 119 Å². The van der Waals surface area contributed by atoms with E-state index >= 15 is 0 Å². The molecule has 0 aliphatic carbocycles. The van der Waals surface area contributed by atoms with Crippen molar-refractivity contribution < 1.29 is 44.3 Å². The largest absolute Gasteiger partial charge is 0 e. The van der Waals surface area contributed by atoms with Gasteiger partial charge in [0.15, 0.2) is 5.11 Å². The van der Waals surface area contributed by atoms with Crippen LogP contribution >= 0.6 is 12.2 Å². The molecule has 0 unspecified atom stereocenters. The van der Waals surface area contributed by atoms with Crippen LogP contribution in [0.25, 0.3) is 0 Å². The van der Waals surface area contributed by atoms with E-state index in [4.69, 9.17) is 35.5 Å². The van der Waals surface area contributed by atoms with Crippen LogP contribution in [-0.2, 0) is 44.3 Å². The molecule has 0 aromatic heterocycles. The van der Waals surface area contributed by atoms with Crippen LogP contribution in [-0.4, -0.2) is 18.2 Å². The predicted molar refractivity (Wildman–Crippen MR) is 48.3 cm³/mol. The Morgan fingerprint density at radius 1 is 0.706 bits per heavy atom. The summed E-state index contributed by atoms with van der Waals surface area (Å²) >= 11 is 4.70. The number of nitrogens with one attached hydrogen (secondary N) is 2. The van der Waals surface area contributed by atoms with E-state index in [0.29, 0.717) is 0 Å². The topological polar surface area (TPSA) is 124 Å². The van der Waals surface area contributed by atoms with Gasteiger partial charge in [-0.2, -0.15) is 0 Å². The number of hydrogen-bond donors (Lipinski definition) is 2. The first-order valence-corrected chi connectivity index (χ1v) is 3.34. The third kappa shape index (κ3) is 69.8. The van der Waals surface area contributed by atoms with Crippen LogP contribution in [0.2, 0.25) is 0 Å². The SMILES string of the molecule is S=C1NCCN1.[C-]#[O+].[C-]#[O+].[C-]#[O+].[C-]#[O+].[C-]#[O+].[W]. The molecule has 0 spiro atoms. The second-order valence-electron chi connectivity index (χ2n) is 1.18. The molecule has 1 aliphatic rings. The Balaban J connectivity index is -0.0000000242. The molecule has 17 heavy (non-hydrogen) atoms. The molecule has 1 aliphatic heterocycles. The molecular weight excluding hydrogens is 420 g/mol. The van der Waals surface area contributed by atoms with Crippen LogP contribution in [0.4, 0.5) is 0 Å². The van der Waals surface area contributed by atoms with Crippen molar-refractivity contribution in [3.8, 4) is 0 Å². The summed E-state index contributed by atoms with van der Waals surface area (Å²) < 4.78 is 37.5. The first-order chi connectivity index (χ1) is 7.89. The maximum absolute atomic E-state index is 7.50. The Morgan fingerprint density at radius 3 is 0.941 bits per heavy atom. The monoisotopic (exact) mass is 426 g/mol. The van der Waals surface area contributed by atoms with Crippen molar-refractivity contribution in [3.63, 3.8) is 0 Å². The minimum absolute atomic E-state index is 0. The zero-order valence-electron chi connectivity index (χ0n) is 8.27. The first-order valence-electron chi connectivity index (χ1n) is 2.93. The zero-order chi connectivity index (χ0) is 14.4. The fraction of sp³-hybridized carbons (Fsp3) is 0.250. The van der Waals surface area contributed by atoms with Crippen LogP contribution in [0.15, 0.2) is 0 Å². The van der Waals surface area contributed by atoms with Crippen molar-refractivity contribution >= 4 is 17.3 Å². The first kappa shape index (κ1) is 36.0. The van der Waals surface area contributed by atoms with E-state index in [1.165, 1.54) is 0 Å². The fourth-order valence-corrected chi connectivity index (χ4v) is 0.619. The summed E-state index contributed by atoms with van der Waals surface area (Å²) in [6.07, 6.45) is 0. The van der Waals surface area contributed by atoms with E-state index in [2.05, 4.69) is 43.9 Å². The van der Waals surface area contributed by atoms with Crippen molar-refractivity contribution in [2.75, 3.05) is 13.1 Å². The Hall–Kier alpha value is -0.922. The van der Waals surface area contributed by atoms with Crippen LogP contribution in [0.3, 0.4) is 0 Å². The van der Waals surface area contributed by atoms with Crippen LogP contribution in [0, 0.1) is 33.3 Å². The van der Waals surface area contributed by atoms with Crippen LogP contribution in [0.1, 0.15) is 0 Å². The molecule has 2 N–H and O–H groups in total. The fourth-order valence-electron chi connectivity index (χ4n) is 0.415. The number of hydrogen-bond acceptors (Lipinski definition) is 1. The third-order valence-electron chi connectivity index (χ3n) is 0.696. The predicted octanol–water partition coefficient (Wildman–Crippen LogP) is -0.726. The molecule has 0 radical (unpaired) electrons. The average Bonchev–Trinajstić information content (AvgIpc) is 2.92. The van der Waals surface area contributed by atoms with E-state index < -0.39 is 0 Å². The number of thiocarbonyl (C=S) groups is 1. The summed E-state index contributed by atoms with van der Waals surface area (Å²) in [6.45, 7) is 24.5. The summed E-state index contributed by atoms with van der Waals surface area (Å²) in [5.41, 5.74) is 0. The van der Waals surface area contributed by atoms with Crippen molar-refractivity contribution in [1.29, 1.82) is 0 Å². The Morgan fingerprint density at radius 2 is 0.882 bits per heavy atom. The molecule has 9 heteroatoms. The van der Waals surface area contributed by atoms with Crippen LogP contribution < -0.4 is 10.6 Å². The molecule has 0 aromatic carbocycles. The van der Waals surface area contributed by atoms with Gasteiger partial charge in [-0.3, -0.25) is 0 Å². The summed E-state index contributed by atoms with van der Waals surface area (Å²) in [7, 11) is 0. The summed E-state index contributed by atoms with van der Waals surface area (Å²) in [5.74, 6) is 0. The maximum atomic E-state index is 7.50. The Bertz CT molecular complexity index is 193. The van der Waals surface area contributed by atoms with Gasteiger partial charge in [-0.1, -0.05) is 0 Å². The summed E-state index contributed by atoms with van der Waals surface area (Å²) in [4.78, 5) is 0. The summed E-state index contributed by atoms with van der Waals surface area (Å²) in [6, 6.07) is 0. The van der Waals surface area contributed by atoms with Crippen molar-refractivity contribution in [2.45, 2.75) is 0 Å². The normalized spacial score (nSPS) is 7.53. The Kier molecular flexibility index (Phi) is 171. The van der Waals surface area contributed by atoms with Gasteiger partial charge in [0, 0.05) is 34.2 Å². The molecule has 0 amide bonds. The molecule has 1 rings (SSSR count). The van der Waals surface area contributed by atoms with Gasteiger partial charge in [-0.15, -0.1) is 0 Å². The second kappa shape index (κ2) is 80.9. The smallest absolute Gasteiger partial charge is 0 e. The number of rotatable bonds is 0. The van der Waals surface area contributed by atoms with Gasteiger partial charge in [0.2, 0.25) is 0 Å². The molecule has 7 nitrogen and oxygen atoms in total. The third-order valence-corrected chi connectivity index (χ3v) is 0.985. The molecule has 0 atom stereocenters. The van der Waals surface area contributed by atoms with E-state index in [0.717, 1.165) is 18.2 Å². The molecule has 1 saturated heterocycles. The van der Waals surface area contributed by atoms with Gasteiger partial charge < -0.3 is 10.6 Å². The quantitative estimate of drug-likeness (QED) is 0.302. The van der Waals surface area contributed by atoms with E-state index in [9.17, 15) is 0 Å². The molecule has 90 valence electrons. The molecule has 1 fully saturated rings.